The number of nitrogens with zero attached hydrogens (tertiary/aromatic N) is 1. The predicted molar refractivity (Wildman–Crippen MR) is 69.6 cm³/mol. The van der Waals surface area contributed by atoms with Crippen molar-refractivity contribution in [2.45, 2.75) is 46.1 Å². The summed E-state index contributed by atoms with van der Waals surface area (Å²) < 4.78 is 29.7. The minimum Gasteiger partial charge on any atom is -0.464 e. The maximum absolute atomic E-state index is 12.0. The molecule has 1 saturated heterocycles. The molecule has 0 aromatic carbocycles. The first-order chi connectivity index (χ1) is 8.11. The molecule has 0 N–H and O–H groups in total. The fraction of sp³-hybridized carbons (Fsp3) is 0.917. The van der Waals surface area contributed by atoms with Gasteiger partial charge < -0.3 is 4.74 Å². The Labute approximate surface area is 110 Å². The maximum Gasteiger partial charge on any atom is 0.324 e. The molecule has 0 amide bonds. The number of carbonyl (C=O) groups excluding carboxylic acids is 1. The minimum absolute atomic E-state index is 0.111. The van der Waals surface area contributed by atoms with Gasteiger partial charge in [0, 0.05) is 6.54 Å². The summed E-state index contributed by atoms with van der Waals surface area (Å²) in [5.41, 5.74) is -0.111. The lowest BCUT2D eigenvalue weighted by atomic mass is 9.98. The van der Waals surface area contributed by atoms with Crippen LogP contribution < -0.4 is 0 Å². The number of hydrogen-bond acceptors (Lipinski definition) is 4. The van der Waals surface area contributed by atoms with Gasteiger partial charge in [0.15, 0.2) is 0 Å². The summed E-state index contributed by atoms with van der Waals surface area (Å²) in [7, 11) is -3.34. The van der Waals surface area contributed by atoms with E-state index in [4.69, 9.17) is 4.74 Å². The topological polar surface area (TPSA) is 63.7 Å². The highest BCUT2D eigenvalue weighted by molar-refractivity contribution is 7.88. The Kier molecular flexibility index (Phi) is 4.78. The fourth-order valence-electron chi connectivity index (χ4n) is 1.92. The first-order valence-electron chi connectivity index (χ1n) is 6.25. The molecule has 0 aromatic rings. The van der Waals surface area contributed by atoms with Crippen molar-refractivity contribution in [3.05, 3.63) is 0 Å². The largest absolute Gasteiger partial charge is 0.464 e. The number of hydrogen-bond donors (Lipinski definition) is 0. The second-order valence-corrected chi connectivity index (χ2v) is 7.99. The summed E-state index contributed by atoms with van der Waals surface area (Å²) in [5, 5.41) is 0. The van der Waals surface area contributed by atoms with Crippen LogP contribution in [0, 0.1) is 5.41 Å². The molecule has 0 saturated carbocycles. The summed E-state index contributed by atoms with van der Waals surface area (Å²) in [6.45, 7) is 6.62. The second-order valence-electron chi connectivity index (χ2n) is 6.05. The van der Waals surface area contributed by atoms with Crippen LogP contribution in [-0.4, -0.2) is 44.1 Å². The highest BCUT2D eigenvalue weighted by Crippen LogP contribution is 2.22. The zero-order chi connectivity index (χ0) is 14.0. The van der Waals surface area contributed by atoms with Crippen molar-refractivity contribution in [3.63, 3.8) is 0 Å². The first-order valence-corrected chi connectivity index (χ1v) is 8.09. The lowest BCUT2D eigenvalue weighted by Gasteiger charge is -2.32. The van der Waals surface area contributed by atoms with Gasteiger partial charge in [-0.3, -0.25) is 4.79 Å². The molecule has 1 aliphatic rings. The van der Waals surface area contributed by atoms with E-state index in [-0.39, 0.29) is 5.41 Å². The molecule has 1 rings (SSSR count). The summed E-state index contributed by atoms with van der Waals surface area (Å²) in [5.74, 6) is -0.421. The van der Waals surface area contributed by atoms with Crippen molar-refractivity contribution < 1.29 is 17.9 Å². The molecule has 1 heterocycles. The standard InChI is InChI=1S/C12H23NO4S/c1-12(2,3)9-17-11(14)10-7-5-6-8-13(10)18(4,15)16/h10H,5-9H2,1-4H3/t10-/m1/s1. The van der Waals surface area contributed by atoms with Gasteiger partial charge in [0.05, 0.1) is 12.9 Å². The zero-order valence-corrected chi connectivity index (χ0v) is 12.4. The summed E-state index contributed by atoms with van der Waals surface area (Å²) in [4.78, 5) is 12.0. The van der Waals surface area contributed by atoms with E-state index >= 15 is 0 Å². The number of ether oxygens (including phenoxy) is 1. The van der Waals surface area contributed by atoms with Gasteiger partial charge in [-0.2, -0.15) is 4.31 Å². The first kappa shape index (κ1) is 15.4. The third-order valence-electron chi connectivity index (χ3n) is 2.80. The molecule has 0 unspecified atom stereocenters. The average molecular weight is 277 g/mol. The minimum atomic E-state index is -3.34. The third kappa shape index (κ3) is 4.57. The molecular weight excluding hydrogens is 254 g/mol. The van der Waals surface area contributed by atoms with Crippen LogP contribution in [0.3, 0.4) is 0 Å². The van der Waals surface area contributed by atoms with Gasteiger partial charge in [-0.05, 0) is 24.7 Å². The monoisotopic (exact) mass is 277 g/mol. The lowest BCUT2D eigenvalue weighted by molar-refractivity contribution is -0.152. The third-order valence-corrected chi connectivity index (χ3v) is 4.09. The molecule has 5 nitrogen and oxygen atoms in total. The highest BCUT2D eigenvalue weighted by atomic mass is 32.2. The molecular formula is C12H23NO4S. The van der Waals surface area contributed by atoms with Crippen LogP contribution in [0.15, 0.2) is 0 Å². The van der Waals surface area contributed by atoms with Crippen LogP contribution in [0.1, 0.15) is 40.0 Å². The van der Waals surface area contributed by atoms with Crippen molar-refractivity contribution >= 4 is 16.0 Å². The van der Waals surface area contributed by atoms with Crippen LogP contribution >= 0.6 is 0 Å². The van der Waals surface area contributed by atoms with Crippen molar-refractivity contribution in [1.29, 1.82) is 0 Å². The normalized spacial score (nSPS) is 22.8. The van der Waals surface area contributed by atoms with E-state index in [1.807, 2.05) is 20.8 Å². The Hall–Kier alpha value is -0.620. The number of esters is 1. The van der Waals surface area contributed by atoms with Crippen LogP contribution in [0.4, 0.5) is 0 Å². The van der Waals surface area contributed by atoms with Crippen molar-refractivity contribution in [1.82, 2.24) is 4.31 Å². The molecule has 1 atom stereocenters. The predicted octanol–water partition coefficient (Wildman–Crippen LogP) is 1.39. The van der Waals surface area contributed by atoms with Crippen LogP contribution in [0.2, 0.25) is 0 Å². The Morgan fingerprint density at radius 2 is 1.94 bits per heavy atom. The molecule has 0 bridgehead atoms. The average Bonchev–Trinajstić information content (AvgIpc) is 2.24. The van der Waals surface area contributed by atoms with Crippen LogP contribution in [0.25, 0.3) is 0 Å². The summed E-state index contributed by atoms with van der Waals surface area (Å²) in [6.07, 6.45) is 3.36. The molecule has 6 heteroatoms. The lowest BCUT2D eigenvalue weighted by Crippen LogP contribution is -2.48. The van der Waals surface area contributed by atoms with Gasteiger partial charge in [0.25, 0.3) is 0 Å². The highest BCUT2D eigenvalue weighted by Gasteiger charge is 2.35. The van der Waals surface area contributed by atoms with E-state index in [2.05, 4.69) is 0 Å². The summed E-state index contributed by atoms with van der Waals surface area (Å²) >= 11 is 0. The molecule has 1 fully saturated rings. The van der Waals surface area contributed by atoms with Gasteiger partial charge in [-0.25, -0.2) is 8.42 Å². The van der Waals surface area contributed by atoms with E-state index in [9.17, 15) is 13.2 Å². The Morgan fingerprint density at radius 3 is 2.44 bits per heavy atom. The van der Waals surface area contributed by atoms with Gasteiger partial charge in [0.1, 0.15) is 6.04 Å². The van der Waals surface area contributed by atoms with Gasteiger partial charge in [-0.1, -0.05) is 20.8 Å². The van der Waals surface area contributed by atoms with Gasteiger partial charge in [0.2, 0.25) is 10.0 Å². The second kappa shape index (κ2) is 5.57. The van der Waals surface area contributed by atoms with E-state index in [1.165, 1.54) is 4.31 Å². The quantitative estimate of drug-likeness (QED) is 0.731. The number of sulfonamides is 1. The molecule has 0 radical (unpaired) electrons. The smallest absolute Gasteiger partial charge is 0.324 e. The SMILES string of the molecule is CC(C)(C)COC(=O)[C@H]1CCCCN1S(C)(=O)=O. The molecule has 106 valence electrons. The number of carbonyl (C=O) groups is 1. The van der Waals surface area contributed by atoms with E-state index < -0.39 is 22.0 Å². The Morgan fingerprint density at radius 1 is 1.33 bits per heavy atom. The summed E-state index contributed by atoms with van der Waals surface area (Å²) in [6, 6.07) is -0.643. The van der Waals surface area contributed by atoms with E-state index in [1.54, 1.807) is 0 Å². The Balaban J connectivity index is 2.70. The molecule has 1 aliphatic heterocycles. The van der Waals surface area contributed by atoms with E-state index in [0.29, 0.717) is 19.6 Å². The fourth-order valence-corrected chi connectivity index (χ4v) is 3.04. The van der Waals surface area contributed by atoms with Crippen molar-refractivity contribution in [3.8, 4) is 0 Å². The molecule has 0 aliphatic carbocycles. The molecule has 0 aromatic heterocycles. The van der Waals surface area contributed by atoms with Gasteiger partial charge in [-0.15, -0.1) is 0 Å². The van der Waals surface area contributed by atoms with E-state index in [0.717, 1.165) is 19.1 Å². The zero-order valence-electron chi connectivity index (χ0n) is 11.6. The molecule has 18 heavy (non-hydrogen) atoms. The number of rotatable bonds is 3. The Bertz CT molecular complexity index is 397. The number of piperidine rings is 1. The van der Waals surface area contributed by atoms with Crippen molar-refractivity contribution in [2.75, 3.05) is 19.4 Å². The van der Waals surface area contributed by atoms with Crippen molar-refractivity contribution in [2.24, 2.45) is 5.41 Å². The van der Waals surface area contributed by atoms with Crippen LogP contribution in [-0.2, 0) is 19.6 Å². The van der Waals surface area contributed by atoms with Gasteiger partial charge >= 0.3 is 5.97 Å². The maximum atomic E-state index is 12.0. The van der Waals surface area contributed by atoms with Crippen LogP contribution in [0.5, 0.6) is 0 Å². The molecule has 0 spiro atoms.